The molecule has 110 valence electrons. The molecule has 1 heterocycles. The number of unbranched alkanes of at least 4 members (excludes halogenated alkanes) is 4. The van der Waals surface area contributed by atoms with E-state index in [0.29, 0.717) is 17.6 Å². The normalized spacial score (nSPS) is 12.1. The molecule has 2 aromatic rings. The first-order chi connectivity index (χ1) is 9.65. The van der Waals surface area contributed by atoms with Gasteiger partial charge in [0, 0.05) is 6.54 Å². The van der Waals surface area contributed by atoms with Crippen molar-refractivity contribution < 1.29 is 8.42 Å². The summed E-state index contributed by atoms with van der Waals surface area (Å²) in [6.45, 7) is 2.63. The van der Waals surface area contributed by atoms with E-state index in [9.17, 15) is 8.42 Å². The summed E-state index contributed by atoms with van der Waals surface area (Å²) in [5.74, 6) is 0. The Morgan fingerprint density at radius 1 is 1.15 bits per heavy atom. The molecule has 1 N–H and O–H groups in total. The van der Waals surface area contributed by atoms with E-state index in [1.807, 2.05) is 0 Å². The topological polar surface area (TPSA) is 72.0 Å². The molecule has 0 aliphatic heterocycles. The van der Waals surface area contributed by atoms with Crippen molar-refractivity contribution in [1.82, 2.24) is 13.5 Å². The highest BCUT2D eigenvalue weighted by atomic mass is 32.2. The molecular weight excluding hydrogens is 294 g/mol. The standard InChI is InChI=1S/C13H19N3O2S2/c1-2-3-4-5-6-10-14-20(17,18)12-9-7-8-11-13(12)16-19-15-11/h7-9,14H,2-6,10H2,1H3. The van der Waals surface area contributed by atoms with Crippen LogP contribution in [-0.4, -0.2) is 23.7 Å². The maximum atomic E-state index is 12.3. The SMILES string of the molecule is CCCCCCCNS(=O)(=O)c1cccc2nsnc12. The van der Waals surface area contributed by atoms with Gasteiger partial charge in [-0.3, -0.25) is 0 Å². The molecule has 0 saturated carbocycles. The quantitative estimate of drug-likeness (QED) is 0.761. The van der Waals surface area contributed by atoms with Crippen LogP contribution >= 0.6 is 11.7 Å². The van der Waals surface area contributed by atoms with Crippen molar-refractivity contribution in [3.05, 3.63) is 18.2 Å². The first-order valence-electron chi connectivity index (χ1n) is 6.86. The van der Waals surface area contributed by atoms with Crippen LogP contribution in [0.25, 0.3) is 11.0 Å². The molecular formula is C13H19N3O2S2. The summed E-state index contributed by atoms with van der Waals surface area (Å²) in [4.78, 5) is 0.220. The molecule has 20 heavy (non-hydrogen) atoms. The van der Waals surface area contributed by atoms with E-state index in [2.05, 4.69) is 20.4 Å². The number of hydrogen-bond donors (Lipinski definition) is 1. The average molecular weight is 313 g/mol. The van der Waals surface area contributed by atoms with Crippen LogP contribution in [0, 0.1) is 0 Å². The maximum Gasteiger partial charge on any atom is 0.242 e. The summed E-state index contributed by atoms with van der Waals surface area (Å²) >= 11 is 1.03. The third-order valence-corrected chi connectivity index (χ3v) is 5.15. The molecule has 7 heteroatoms. The Balaban J connectivity index is 1.98. The Labute approximate surface area is 123 Å². The van der Waals surface area contributed by atoms with E-state index in [1.165, 1.54) is 12.8 Å². The molecule has 0 radical (unpaired) electrons. The molecule has 0 unspecified atom stereocenters. The number of benzene rings is 1. The fourth-order valence-electron chi connectivity index (χ4n) is 2.01. The van der Waals surface area contributed by atoms with Crippen molar-refractivity contribution in [3.8, 4) is 0 Å². The first-order valence-corrected chi connectivity index (χ1v) is 9.07. The molecule has 0 saturated heterocycles. The summed E-state index contributed by atoms with van der Waals surface area (Å²) in [6, 6.07) is 5.03. The minimum atomic E-state index is -3.50. The lowest BCUT2D eigenvalue weighted by molar-refractivity contribution is 0.571. The molecule has 0 bridgehead atoms. The minimum Gasteiger partial charge on any atom is -0.211 e. The maximum absolute atomic E-state index is 12.3. The zero-order chi connectivity index (χ0) is 14.4. The third kappa shape index (κ3) is 3.74. The van der Waals surface area contributed by atoms with Gasteiger partial charge in [0.05, 0.1) is 11.7 Å². The van der Waals surface area contributed by atoms with E-state index in [4.69, 9.17) is 0 Å². The van der Waals surface area contributed by atoms with Crippen LogP contribution in [0.15, 0.2) is 23.1 Å². The molecule has 0 spiro atoms. The van der Waals surface area contributed by atoms with Gasteiger partial charge in [-0.15, -0.1) is 0 Å². The van der Waals surface area contributed by atoms with Crippen LogP contribution < -0.4 is 4.72 Å². The van der Waals surface area contributed by atoms with E-state index >= 15 is 0 Å². The number of sulfonamides is 1. The Hall–Kier alpha value is -1.05. The Morgan fingerprint density at radius 3 is 2.75 bits per heavy atom. The first kappa shape index (κ1) is 15.3. The van der Waals surface area contributed by atoms with Gasteiger partial charge >= 0.3 is 0 Å². The van der Waals surface area contributed by atoms with Gasteiger partial charge in [0.15, 0.2) is 0 Å². The van der Waals surface area contributed by atoms with E-state index < -0.39 is 10.0 Å². The lowest BCUT2D eigenvalue weighted by Crippen LogP contribution is -2.25. The molecule has 0 amide bonds. The third-order valence-electron chi connectivity index (χ3n) is 3.11. The predicted octanol–water partition coefficient (Wildman–Crippen LogP) is 2.94. The van der Waals surface area contributed by atoms with Gasteiger partial charge in [-0.25, -0.2) is 13.1 Å². The van der Waals surface area contributed by atoms with Crippen molar-refractivity contribution in [2.45, 2.75) is 43.9 Å². The molecule has 0 atom stereocenters. The van der Waals surface area contributed by atoms with Crippen LogP contribution in [0.1, 0.15) is 39.0 Å². The lowest BCUT2D eigenvalue weighted by atomic mass is 10.2. The van der Waals surface area contributed by atoms with Gasteiger partial charge in [0.1, 0.15) is 15.9 Å². The summed E-state index contributed by atoms with van der Waals surface area (Å²) in [6.07, 6.45) is 5.47. The van der Waals surface area contributed by atoms with E-state index in [-0.39, 0.29) is 4.90 Å². The van der Waals surface area contributed by atoms with Crippen molar-refractivity contribution in [3.63, 3.8) is 0 Å². The van der Waals surface area contributed by atoms with E-state index in [1.54, 1.807) is 18.2 Å². The summed E-state index contributed by atoms with van der Waals surface area (Å²) in [5, 5.41) is 0. The van der Waals surface area contributed by atoms with E-state index in [0.717, 1.165) is 31.0 Å². The average Bonchev–Trinajstić information content (AvgIpc) is 2.90. The van der Waals surface area contributed by atoms with Crippen molar-refractivity contribution >= 4 is 32.8 Å². The second-order valence-corrected chi connectivity index (χ2v) is 6.96. The molecule has 1 aromatic heterocycles. The van der Waals surface area contributed by atoms with Crippen LogP contribution in [0.4, 0.5) is 0 Å². The molecule has 2 rings (SSSR count). The monoisotopic (exact) mass is 313 g/mol. The zero-order valence-corrected chi connectivity index (χ0v) is 13.1. The number of nitrogens with one attached hydrogen (secondary N) is 1. The van der Waals surface area contributed by atoms with Crippen molar-refractivity contribution in [2.24, 2.45) is 0 Å². The minimum absolute atomic E-state index is 0.220. The number of hydrogen-bond acceptors (Lipinski definition) is 5. The van der Waals surface area contributed by atoms with Crippen LogP contribution in [0.3, 0.4) is 0 Å². The van der Waals surface area contributed by atoms with Crippen molar-refractivity contribution in [1.29, 1.82) is 0 Å². The van der Waals surface area contributed by atoms with Crippen molar-refractivity contribution in [2.75, 3.05) is 6.54 Å². The molecule has 0 fully saturated rings. The van der Waals surface area contributed by atoms with Crippen LogP contribution in [-0.2, 0) is 10.0 Å². The van der Waals surface area contributed by atoms with Gasteiger partial charge < -0.3 is 0 Å². The Morgan fingerprint density at radius 2 is 1.95 bits per heavy atom. The van der Waals surface area contributed by atoms with Gasteiger partial charge in [-0.1, -0.05) is 38.7 Å². The number of nitrogens with zero attached hydrogens (tertiary/aromatic N) is 2. The molecule has 0 aliphatic rings. The number of aromatic nitrogens is 2. The number of fused-ring (bicyclic) bond motifs is 1. The largest absolute Gasteiger partial charge is 0.242 e. The Kier molecular flexibility index (Phi) is 5.45. The van der Waals surface area contributed by atoms with Crippen LogP contribution in [0.2, 0.25) is 0 Å². The summed E-state index contributed by atoms with van der Waals surface area (Å²) in [7, 11) is -3.50. The van der Waals surface area contributed by atoms with Gasteiger partial charge in [-0.05, 0) is 18.6 Å². The second kappa shape index (κ2) is 7.10. The Bertz CT molecular complexity index is 652. The molecule has 0 aliphatic carbocycles. The lowest BCUT2D eigenvalue weighted by Gasteiger charge is -2.06. The predicted molar refractivity (Wildman–Crippen MR) is 81.4 cm³/mol. The molecule has 1 aromatic carbocycles. The van der Waals surface area contributed by atoms with Crippen LogP contribution in [0.5, 0.6) is 0 Å². The fraction of sp³-hybridized carbons (Fsp3) is 0.538. The smallest absolute Gasteiger partial charge is 0.211 e. The highest BCUT2D eigenvalue weighted by molar-refractivity contribution is 7.89. The summed E-state index contributed by atoms with van der Waals surface area (Å²) in [5.41, 5.74) is 1.08. The second-order valence-electron chi connectivity index (χ2n) is 4.70. The van der Waals surface area contributed by atoms with Gasteiger partial charge in [-0.2, -0.15) is 8.75 Å². The highest BCUT2D eigenvalue weighted by Crippen LogP contribution is 2.20. The highest BCUT2D eigenvalue weighted by Gasteiger charge is 2.18. The zero-order valence-electron chi connectivity index (χ0n) is 11.5. The summed E-state index contributed by atoms with van der Waals surface area (Å²) < 4.78 is 35.3. The van der Waals surface area contributed by atoms with Gasteiger partial charge in [0.25, 0.3) is 0 Å². The molecule has 5 nitrogen and oxygen atoms in total. The fourth-order valence-corrected chi connectivity index (χ4v) is 3.85. The number of rotatable bonds is 8. The van der Waals surface area contributed by atoms with Gasteiger partial charge in [0.2, 0.25) is 10.0 Å².